The Labute approximate surface area is 72.5 Å². The fourth-order valence-electron chi connectivity index (χ4n) is 1.81. The first kappa shape index (κ1) is 9.23. The fourth-order valence-corrected chi connectivity index (χ4v) is 1.81. The van der Waals surface area contributed by atoms with Crippen LogP contribution in [0.3, 0.4) is 0 Å². The van der Waals surface area contributed by atoms with Gasteiger partial charge >= 0.3 is 0 Å². The Morgan fingerprint density at radius 1 is 1.42 bits per heavy atom. The van der Waals surface area contributed by atoms with Gasteiger partial charge in [0.1, 0.15) is 0 Å². The monoisotopic (exact) mass is 169 g/mol. The van der Waals surface area contributed by atoms with Gasteiger partial charge in [-0.2, -0.15) is 0 Å². The molecule has 2 amide bonds. The maximum Gasteiger partial charge on any atom is 0.230 e. The van der Waals surface area contributed by atoms with Crippen LogP contribution in [-0.2, 0) is 9.59 Å². The van der Waals surface area contributed by atoms with E-state index in [0.717, 1.165) is 12.8 Å². The normalized spacial score (nSPS) is 23.4. The summed E-state index contributed by atoms with van der Waals surface area (Å²) in [5, 5.41) is 2.34. The lowest BCUT2D eigenvalue weighted by Gasteiger charge is -2.16. The Morgan fingerprint density at radius 2 is 2.00 bits per heavy atom. The zero-order chi connectivity index (χ0) is 9.14. The first-order valence-corrected chi connectivity index (χ1v) is 4.52. The molecular formula is C9H15NO2. The molecule has 0 saturated carbocycles. The zero-order valence-electron chi connectivity index (χ0n) is 7.59. The summed E-state index contributed by atoms with van der Waals surface area (Å²) in [6.45, 7) is 4.12. The Hall–Kier alpha value is -0.860. The van der Waals surface area contributed by atoms with Crippen molar-refractivity contribution in [1.82, 2.24) is 5.32 Å². The lowest BCUT2D eigenvalue weighted by Crippen LogP contribution is -2.25. The predicted octanol–water partition coefficient (Wildman–Crippen LogP) is 1.09. The van der Waals surface area contributed by atoms with E-state index in [4.69, 9.17) is 0 Å². The van der Waals surface area contributed by atoms with E-state index < -0.39 is 0 Å². The van der Waals surface area contributed by atoms with Gasteiger partial charge in [0.15, 0.2) is 0 Å². The highest BCUT2D eigenvalue weighted by molar-refractivity contribution is 6.03. The topological polar surface area (TPSA) is 46.2 Å². The molecule has 3 heteroatoms. The summed E-state index contributed by atoms with van der Waals surface area (Å²) in [6.07, 6.45) is 2.34. The minimum Gasteiger partial charge on any atom is -0.296 e. The molecule has 1 rings (SSSR count). The first-order chi connectivity index (χ1) is 5.69. The highest BCUT2D eigenvalue weighted by Gasteiger charge is 2.34. The van der Waals surface area contributed by atoms with Gasteiger partial charge in [-0.05, 0) is 5.92 Å². The number of hydrogen-bond donors (Lipinski definition) is 1. The Morgan fingerprint density at radius 3 is 2.33 bits per heavy atom. The number of rotatable bonds is 3. The van der Waals surface area contributed by atoms with E-state index in [1.807, 2.05) is 0 Å². The third kappa shape index (κ3) is 1.65. The maximum atomic E-state index is 11.2. The van der Waals surface area contributed by atoms with E-state index in [-0.39, 0.29) is 17.7 Å². The molecule has 1 unspecified atom stereocenters. The molecule has 68 valence electrons. The van der Waals surface area contributed by atoms with Crippen molar-refractivity contribution in [2.75, 3.05) is 0 Å². The average Bonchev–Trinajstić information content (AvgIpc) is 2.34. The van der Waals surface area contributed by atoms with Gasteiger partial charge in [-0.1, -0.05) is 26.7 Å². The number of hydrogen-bond acceptors (Lipinski definition) is 2. The second-order valence-electron chi connectivity index (χ2n) is 3.30. The molecule has 0 spiro atoms. The van der Waals surface area contributed by atoms with Gasteiger partial charge in [0.05, 0.1) is 0 Å². The van der Waals surface area contributed by atoms with Crippen LogP contribution < -0.4 is 5.32 Å². The zero-order valence-corrected chi connectivity index (χ0v) is 7.59. The molecule has 1 fully saturated rings. The molecule has 0 aromatic carbocycles. The molecule has 3 nitrogen and oxygen atoms in total. The van der Waals surface area contributed by atoms with E-state index in [1.165, 1.54) is 0 Å². The third-order valence-electron chi connectivity index (χ3n) is 2.62. The van der Waals surface area contributed by atoms with Crippen LogP contribution in [0.25, 0.3) is 0 Å². The molecule has 1 N–H and O–H groups in total. The standard InChI is InChI=1S/C9H15NO2/c1-3-6(4-2)7-5-8(11)10-9(7)12/h6-7H,3-5H2,1-2H3,(H,10,11,12). The highest BCUT2D eigenvalue weighted by Crippen LogP contribution is 2.25. The van der Waals surface area contributed by atoms with Crippen molar-refractivity contribution in [2.45, 2.75) is 33.1 Å². The van der Waals surface area contributed by atoms with Crippen molar-refractivity contribution in [3.05, 3.63) is 0 Å². The van der Waals surface area contributed by atoms with Gasteiger partial charge in [-0.3, -0.25) is 14.9 Å². The summed E-state index contributed by atoms with van der Waals surface area (Å²) in [6, 6.07) is 0. The van der Waals surface area contributed by atoms with Gasteiger partial charge in [0, 0.05) is 12.3 Å². The van der Waals surface area contributed by atoms with Crippen LogP contribution in [0.5, 0.6) is 0 Å². The van der Waals surface area contributed by atoms with Crippen molar-refractivity contribution < 1.29 is 9.59 Å². The molecule has 1 aliphatic rings. The number of imide groups is 1. The van der Waals surface area contributed by atoms with E-state index >= 15 is 0 Å². The Balaban J connectivity index is 2.62. The Kier molecular flexibility index (Phi) is 2.84. The van der Waals surface area contributed by atoms with E-state index in [2.05, 4.69) is 19.2 Å². The molecule has 0 aromatic rings. The summed E-state index contributed by atoms with van der Waals surface area (Å²) in [5.41, 5.74) is 0. The molecular weight excluding hydrogens is 154 g/mol. The van der Waals surface area contributed by atoms with Gasteiger partial charge < -0.3 is 0 Å². The van der Waals surface area contributed by atoms with Crippen LogP contribution in [0.1, 0.15) is 33.1 Å². The number of amides is 2. The van der Waals surface area contributed by atoms with E-state index in [9.17, 15) is 9.59 Å². The molecule has 1 heterocycles. The minimum atomic E-state index is -0.114. The van der Waals surface area contributed by atoms with Crippen LogP contribution in [0, 0.1) is 11.8 Å². The van der Waals surface area contributed by atoms with Crippen LogP contribution >= 0.6 is 0 Å². The van der Waals surface area contributed by atoms with Crippen molar-refractivity contribution in [2.24, 2.45) is 11.8 Å². The maximum absolute atomic E-state index is 11.2. The molecule has 0 radical (unpaired) electrons. The molecule has 12 heavy (non-hydrogen) atoms. The third-order valence-corrected chi connectivity index (χ3v) is 2.62. The molecule has 0 aliphatic carbocycles. The van der Waals surface area contributed by atoms with Crippen molar-refractivity contribution in [3.8, 4) is 0 Å². The largest absolute Gasteiger partial charge is 0.296 e. The van der Waals surface area contributed by atoms with Gasteiger partial charge in [0.2, 0.25) is 11.8 Å². The SMILES string of the molecule is CCC(CC)C1CC(=O)NC1=O. The quantitative estimate of drug-likeness (QED) is 0.643. The first-order valence-electron chi connectivity index (χ1n) is 4.52. The van der Waals surface area contributed by atoms with Gasteiger partial charge in [0.25, 0.3) is 0 Å². The summed E-state index contributed by atoms with van der Waals surface area (Å²) in [7, 11) is 0. The predicted molar refractivity (Wildman–Crippen MR) is 45.3 cm³/mol. The lowest BCUT2D eigenvalue weighted by molar-refractivity contribution is -0.126. The van der Waals surface area contributed by atoms with Crippen LogP contribution in [0.15, 0.2) is 0 Å². The van der Waals surface area contributed by atoms with Crippen LogP contribution in [0.4, 0.5) is 0 Å². The fraction of sp³-hybridized carbons (Fsp3) is 0.778. The smallest absolute Gasteiger partial charge is 0.230 e. The Bertz CT molecular complexity index is 197. The molecule has 1 atom stereocenters. The van der Waals surface area contributed by atoms with Crippen molar-refractivity contribution >= 4 is 11.8 Å². The summed E-state index contributed by atoms with van der Waals surface area (Å²) in [5.74, 6) is 0.120. The summed E-state index contributed by atoms with van der Waals surface area (Å²) >= 11 is 0. The molecule has 1 saturated heterocycles. The molecule has 0 aromatic heterocycles. The van der Waals surface area contributed by atoms with E-state index in [1.54, 1.807) is 0 Å². The minimum absolute atomic E-state index is 0.0625. The van der Waals surface area contributed by atoms with Gasteiger partial charge in [-0.25, -0.2) is 0 Å². The average molecular weight is 169 g/mol. The van der Waals surface area contributed by atoms with Crippen LogP contribution in [0.2, 0.25) is 0 Å². The second-order valence-corrected chi connectivity index (χ2v) is 3.30. The van der Waals surface area contributed by atoms with Crippen molar-refractivity contribution in [1.29, 1.82) is 0 Å². The van der Waals surface area contributed by atoms with Crippen LogP contribution in [-0.4, -0.2) is 11.8 Å². The second kappa shape index (κ2) is 3.70. The number of carbonyl (C=O) groups excluding carboxylic acids is 2. The highest BCUT2D eigenvalue weighted by atomic mass is 16.2. The number of nitrogens with one attached hydrogen (secondary N) is 1. The van der Waals surface area contributed by atoms with Gasteiger partial charge in [-0.15, -0.1) is 0 Å². The molecule has 1 aliphatic heterocycles. The molecule has 0 bridgehead atoms. The van der Waals surface area contributed by atoms with E-state index in [0.29, 0.717) is 12.3 Å². The lowest BCUT2D eigenvalue weighted by atomic mass is 9.87. The summed E-state index contributed by atoms with van der Waals surface area (Å²) < 4.78 is 0. The summed E-state index contributed by atoms with van der Waals surface area (Å²) in [4.78, 5) is 22.1. The van der Waals surface area contributed by atoms with Crippen molar-refractivity contribution in [3.63, 3.8) is 0 Å². The number of carbonyl (C=O) groups is 2.